The summed E-state index contributed by atoms with van der Waals surface area (Å²) in [5.41, 5.74) is 10.8. The summed E-state index contributed by atoms with van der Waals surface area (Å²) in [7, 11) is 0. The molecule has 80 valence electrons. The molecule has 0 aliphatic heterocycles. The predicted molar refractivity (Wildman–Crippen MR) is 54.7 cm³/mol. The lowest BCUT2D eigenvalue weighted by molar-refractivity contribution is 0.0814. The summed E-state index contributed by atoms with van der Waals surface area (Å²) in [5.74, 6) is 2.14. The van der Waals surface area contributed by atoms with Crippen LogP contribution in [-0.2, 0) is 18.0 Å². The highest BCUT2D eigenvalue weighted by Crippen LogP contribution is 2.13. The average Bonchev–Trinajstić information content (AvgIpc) is 2.76. The molecule has 0 radical (unpaired) electrons. The van der Waals surface area contributed by atoms with E-state index in [1.807, 2.05) is 0 Å². The van der Waals surface area contributed by atoms with Gasteiger partial charge in [0.1, 0.15) is 24.7 Å². The van der Waals surface area contributed by atoms with E-state index in [1.165, 1.54) is 0 Å². The van der Waals surface area contributed by atoms with Crippen LogP contribution in [0.3, 0.4) is 0 Å². The molecule has 0 saturated heterocycles. The molecular weight excluding hydrogens is 196 g/mol. The lowest BCUT2D eigenvalue weighted by Gasteiger charge is -1.98. The maximum absolute atomic E-state index is 5.41. The highest BCUT2D eigenvalue weighted by Gasteiger charge is 2.02. The molecule has 2 rings (SSSR count). The number of furan rings is 2. The molecule has 0 saturated carbocycles. The van der Waals surface area contributed by atoms with Crippen LogP contribution >= 0.6 is 0 Å². The summed E-state index contributed by atoms with van der Waals surface area (Å²) in [6.07, 6.45) is 0. The lowest BCUT2D eigenvalue weighted by atomic mass is 10.4. The summed E-state index contributed by atoms with van der Waals surface area (Å²) in [6.45, 7) is 0.718. The topological polar surface area (TPSA) is 87.5 Å². The van der Waals surface area contributed by atoms with E-state index in [9.17, 15) is 0 Å². The number of anilines is 2. The second kappa shape index (κ2) is 4.10. The fourth-order valence-electron chi connectivity index (χ4n) is 1.20. The molecule has 2 heterocycles. The van der Waals surface area contributed by atoms with E-state index in [2.05, 4.69) is 0 Å². The Morgan fingerprint density at radius 3 is 1.67 bits per heavy atom. The van der Waals surface area contributed by atoms with Crippen LogP contribution in [0.15, 0.2) is 33.1 Å². The molecule has 4 N–H and O–H groups in total. The fraction of sp³-hybridized carbons (Fsp3) is 0.200. The Labute approximate surface area is 86.6 Å². The Hall–Kier alpha value is -1.88. The van der Waals surface area contributed by atoms with Crippen molar-refractivity contribution >= 4 is 11.8 Å². The van der Waals surface area contributed by atoms with E-state index >= 15 is 0 Å². The highest BCUT2D eigenvalue weighted by atomic mass is 16.5. The van der Waals surface area contributed by atoms with Crippen molar-refractivity contribution in [3.63, 3.8) is 0 Å². The number of hydrogen-bond acceptors (Lipinski definition) is 5. The van der Waals surface area contributed by atoms with Gasteiger partial charge < -0.3 is 25.0 Å². The van der Waals surface area contributed by atoms with Crippen LogP contribution in [0.1, 0.15) is 11.5 Å². The number of ether oxygens (including phenoxy) is 1. The fourth-order valence-corrected chi connectivity index (χ4v) is 1.20. The molecule has 2 aromatic rings. The second-order valence-electron chi connectivity index (χ2n) is 3.10. The molecule has 0 spiro atoms. The van der Waals surface area contributed by atoms with Crippen molar-refractivity contribution in [1.29, 1.82) is 0 Å². The molecule has 15 heavy (non-hydrogen) atoms. The molecule has 2 aromatic heterocycles. The van der Waals surface area contributed by atoms with Crippen molar-refractivity contribution < 1.29 is 13.6 Å². The van der Waals surface area contributed by atoms with Gasteiger partial charge >= 0.3 is 0 Å². The smallest absolute Gasteiger partial charge is 0.190 e. The molecule has 0 atom stereocenters. The molecule has 5 nitrogen and oxygen atoms in total. The summed E-state index contributed by atoms with van der Waals surface area (Å²) in [6, 6.07) is 6.91. The van der Waals surface area contributed by atoms with Gasteiger partial charge in [0.15, 0.2) is 11.8 Å². The minimum atomic E-state index is 0.359. The molecule has 5 heteroatoms. The lowest BCUT2D eigenvalue weighted by Crippen LogP contribution is -1.91. The minimum absolute atomic E-state index is 0.359. The standard InChI is InChI=1S/C10H12N2O3/c11-9-3-1-7(14-9)5-13-6-8-2-4-10(12)15-8/h1-4H,5-6,11-12H2. The van der Waals surface area contributed by atoms with Gasteiger partial charge in [0.05, 0.1) is 0 Å². The van der Waals surface area contributed by atoms with E-state index < -0.39 is 0 Å². The first-order valence-electron chi connectivity index (χ1n) is 4.50. The van der Waals surface area contributed by atoms with Gasteiger partial charge in [-0.05, 0) is 12.1 Å². The van der Waals surface area contributed by atoms with Gasteiger partial charge in [-0.25, -0.2) is 0 Å². The van der Waals surface area contributed by atoms with Crippen molar-refractivity contribution in [2.45, 2.75) is 13.2 Å². The second-order valence-corrected chi connectivity index (χ2v) is 3.10. The average molecular weight is 208 g/mol. The maximum Gasteiger partial charge on any atom is 0.190 e. The first-order chi connectivity index (χ1) is 7.24. The molecule has 0 aliphatic carbocycles. The molecular formula is C10H12N2O3. The van der Waals surface area contributed by atoms with E-state index in [0.29, 0.717) is 36.5 Å². The molecule has 0 aromatic carbocycles. The Morgan fingerprint density at radius 1 is 0.867 bits per heavy atom. The molecule has 0 unspecified atom stereocenters. The summed E-state index contributed by atoms with van der Waals surface area (Å²) in [5, 5.41) is 0. The summed E-state index contributed by atoms with van der Waals surface area (Å²) >= 11 is 0. The van der Waals surface area contributed by atoms with Crippen LogP contribution in [0, 0.1) is 0 Å². The van der Waals surface area contributed by atoms with Gasteiger partial charge in [-0.15, -0.1) is 0 Å². The first-order valence-corrected chi connectivity index (χ1v) is 4.50. The maximum atomic E-state index is 5.41. The number of nitrogen functional groups attached to an aromatic ring is 2. The van der Waals surface area contributed by atoms with E-state index in [4.69, 9.17) is 25.0 Å². The van der Waals surface area contributed by atoms with Crippen molar-refractivity contribution in [3.8, 4) is 0 Å². The zero-order valence-corrected chi connectivity index (χ0v) is 8.10. The number of hydrogen-bond donors (Lipinski definition) is 2. The zero-order valence-electron chi connectivity index (χ0n) is 8.10. The van der Waals surface area contributed by atoms with Gasteiger partial charge in [0.2, 0.25) is 0 Å². The summed E-state index contributed by atoms with van der Waals surface area (Å²) in [4.78, 5) is 0. The van der Waals surface area contributed by atoms with Crippen molar-refractivity contribution in [3.05, 3.63) is 35.8 Å². The van der Waals surface area contributed by atoms with Gasteiger partial charge in [0.25, 0.3) is 0 Å². The van der Waals surface area contributed by atoms with E-state index in [1.54, 1.807) is 24.3 Å². The quantitative estimate of drug-likeness (QED) is 0.799. The van der Waals surface area contributed by atoms with Crippen LogP contribution in [0.25, 0.3) is 0 Å². The minimum Gasteiger partial charge on any atom is -0.444 e. The normalized spacial score (nSPS) is 10.7. The number of rotatable bonds is 4. The Bertz CT molecular complexity index is 393. The van der Waals surface area contributed by atoms with E-state index in [0.717, 1.165) is 0 Å². The third-order valence-corrected chi connectivity index (χ3v) is 1.85. The van der Waals surface area contributed by atoms with Gasteiger partial charge in [-0.2, -0.15) is 0 Å². The van der Waals surface area contributed by atoms with Crippen molar-refractivity contribution in [1.82, 2.24) is 0 Å². The first kappa shape index (κ1) is 9.67. The molecule has 0 aliphatic rings. The van der Waals surface area contributed by atoms with Gasteiger partial charge in [-0.3, -0.25) is 0 Å². The summed E-state index contributed by atoms with van der Waals surface area (Å²) < 4.78 is 15.6. The molecule has 0 amide bonds. The SMILES string of the molecule is Nc1ccc(COCc2ccc(N)o2)o1. The Morgan fingerprint density at radius 2 is 1.33 bits per heavy atom. The Kier molecular flexibility index (Phi) is 2.64. The van der Waals surface area contributed by atoms with Crippen molar-refractivity contribution in [2.24, 2.45) is 0 Å². The van der Waals surface area contributed by atoms with Crippen molar-refractivity contribution in [2.75, 3.05) is 11.5 Å². The van der Waals surface area contributed by atoms with Gasteiger partial charge in [-0.1, -0.05) is 0 Å². The molecule has 0 bridgehead atoms. The third-order valence-electron chi connectivity index (χ3n) is 1.85. The highest BCUT2D eigenvalue weighted by molar-refractivity contribution is 5.25. The van der Waals surface area contributed by atoms with Crippen LogP contribution in [0.4, 0.5) is 11.8 Å². The van der Waals surface area contributed by atoms with Crippen LogP contribution < -0.4 is 11.5 Å². The van der Waals surface area contributed by atoms with Crippen LogP contribution in [-0.4, -0.2) is 0 Å². The predicted octanol–water partition coefficient (Wildman–Crippen LogP) is 1.75. The van der Waals surface area contributed by atoms with E-state index in [-0.39, 0.29) is 0 Å². The monoisotopic (exact) mass is 208 g/mol. The third kappa shape index (κ3) is 2.54. The van der Waals surface area contributed by atoms with Crippen LogP contribution in [0.2, 0.25) is 0 Å². The zero-order chi connectivity index (χ0) is 10.7. The molecule has 0 fully saturated rings. The van der Waals surface area contributed by atoms with Crippen LogP contribution in [0.5, 0.6) is 0 Å². The largest absolute Gasteiger partial charge is 0.444 e. The Balaban J connectivity index is 1.80. The van der Waals surface area contributed by atoms with Gasteiger partial charge in [0, 0.05) is 12.1 Å². The number of nitrogens with two attached hydrogens (primary N) is 2.